The van der Waals surface area contributed by atoms with Crippen molar-refractivity contribution < 1.29 is 27.2 Å². The van der Waals surface area contributed by atoms with Gasteiger partial charge in [0.1, 0.15) is 11.5 Å². The maximum absolute atomic E-state index is 13.6. The molecule has 14 heteroatoms. The molecular weight excluding hydrogens is 694 g/mol. The van der Waals surface area contributed by atoms with E-state index in [0.717, 1.165) is 21.8 Å². The van der Waals surface area contributed by atoms with Crippen molar-refractivity contribution in [3.05, 3.63) is 124 Å². The molecule has 1 saturated heterocycles. The van der Waals surface area contributed by atoms with Crippen molar-refractivity contribution in [2.24, 2.45) is 15.3 Å². The number of amidine groups is 1. The van der Waals surface area contributed by atoms with Crippen LogP contribution in [0.2, 0.25) is 0 Å². The van der Waals surface area contributed by atoms with Crippen LogP contribution in [-0.4, -0.2) is 43.1 Å². The third kappa shape index (κ3) is 8.91. The Morgan fingerprint density at radius 2 is 1.85 bits per heavy atom. The van der Waals surface area contributed by atoms with Gasteiger partial charge in [0.05, 0.1) is 22.6 Å². The first kappa shape index (κ1) is 32.6. The van der Waals surface area contributed by atoms with Crippen LogP contribution in [0.15, 0.2) is 126 Å². The number of sulfonamides is 1. The number of furan rings is 1. The number of rotatable bonds is 11. The van der Waals surface area contributed by atoms with Crippen molar-refractivity contribution in [1.82, 2.24) is 4.90 Å². The highest BCUT2D eigenvalue weighted by atomic mass is 79.9. The molecule has 11 nitrogen and oxygen atoms in total. The fourth-order valence-electron chi connectivity index (χ4n) is 4.09. The van der Waals surface area contributed by atoms with Gasteiger partial charge in [0.15, 0.2) is 11.8 Å². The van der Waals surface area contributed by atoms with Crippen molar-refractivity contribution in [2.45, 2.75) is 11.4 Å². The highest BCUT2D eigenvalue weighted by Crippen LogP contribution is 2.36. The van der Waals surface area contributed by atoms with E-state index < -0.39 is 15.9 Å². The van der Waals surface area contributed by atoms with E-state index in [-0.39, 0.29) is 24.0 Å². The Morgan fingerprint density at radius 1 is 1.07 bits per heavy atom. The molecule has 2 heterocycles. The molecular formula is C32H26BrN5O6S2. The van der Waals surface area contributed by atoms with Gasteiger partial charge in [-0.15, -0.1) is 5.10 Å². The number of hydrogen-bond donors (Lipinski definition) is 2. The van der Waals surface area contributed by atoms with Crippen molar-refractivity contribution in [2.75, 3.05) is 11.9 Å². The van der Waals surface area contributed by atoms with Crippen LogP contribution in [-0.2, 0) is 26.2 Å². The molecule has 0 bridgehead atoms. The number of carbonyl (C=O) groups excluding carboxylic acids is 2. The molecule has 0 atom stereocenters. The van der Waals surface area contributed by atoms with E-state index >= 15 is 0 Å². The van der Waals surface area contributed by atoms with E-state index in [4.69, 9.17) is 14.3 Å². The van der Waals surface area contributed by atoms with Gasteiger partial charge >= 0.3 is 0 Å². The molecule has 2 amide bonds. The van der Waals surface area contributed by atoms with Crippen LogP contribution in [0.5, 0.6) is 5.75 Å². The number of halogens is 1. The second kappa shape index (κ2) is 15.0. The molecule has 0 aliphatic carbocycles. The van der Waals surface area contributed by atoms with Gasteiger partial charge in [-0.2, -0.15) is 5.10 Å². The number of thioether (sulfide) groups is 1. The second-order valence-corrected chi connectivity index (χ2v) is 13.1. The molecule has 3 N–H and O–H groups in total. The van der Waals surface area contributed by atoms with E-state index in [1.165, 1.54) is 41.6 Å². The lowest BCUT2D eigenvalue weighted by Gasteiger charge is -2.13. The summed E-state index contributed by atoms with van der Waals surface area (Å²) >= 11 is 4.60. The minimum absolute atomic E-state index is 0.0729. The van der Waals surface area contributed by atoms with Gasteiger partial charge in [-0.1, -0.05) is 52.3 Å². The molecule has 0 unspecified atom stereocenters. The molecule has 234 valence electrons. The van der Waals surface area contributed by atoms with Crippen LogP contribution in [0.4, 0.5) is 5.69 Å². The summed E-state index contributed by atoms with van der Waals surface area (Å²) < 4.78 is 34.9. The largest absolute Gasteiger partial charge is 0.483 e. The normalized spacial score (nSPS) is 15.4. The summed E-state index contributed by atoms with van der Waals surface area (Å²) in [6.07, 6.45) is 8.38. The summed E-state index contributed by atoms with van der Waals surface area (Å²) in [5.74, 6) is 0.153. The van der Waals surface area contributed by atoms with Gasteiger partial charge in [0.2, 0.25) is 10.0 Å². The Kier molecular flexibility index (Phi) is 10.6. The summed E-state index contributed by atoms with van der Waals surface area (Å²) in [7, 11) is -3.85. The Bertz CT molecular complexity index is 1940. The van der Waals surface area contributed by atoms with E-state index in [0.29, 0.717) is 32.8 Å². The number of allylic oxidation sites excluding steroid dienone is 1. The number of anilines is 1. The first-order chi connectivity index (χ1) is 22.2. The van der Waals surface area contributed by atoms with Gasteiger partial charge in [0.25, 0.3) is 11.8 Å². The maximum atomic E-state index is 13.6. The minimum Gasteiger partial charge on any atom is -0.483 e. The van der Waals surface area contributed by atoms with Crippen LogP contribution in [0.3, 0.4) is 0 Å². The average Bonchev–Trinajstić information content (AvgIpc) is 3.65. The zero-order chi connectivity index (χ0) is 32.5. The standard InChI is InChI=1S/C32H26BrN5O6S2/c33-24-10-15-28(44-21-30(39)36-25-11-13-27(14-12-25)46(34,41)42)23(18-24)19-29-31(40)38(20-26-9-5-17-43-26)32(45-29)37-35-16-4-8-22-6-2-1-3-7-22/h1-19H,20-21H2,(H,36,39)(H2,34,41,42)/b8-4+,29-19-,35-16+,37-32-. The zero-order valence-corrected chi connectivity index (χ0v) is 27.2. The van der Waals surface area contributed by atoms with Gasteiger partial charge in [-0.25, -0.2) is 13.6 Å². The zero-order valence-electron chi connectivity index (χ0n) is 23.9. The maximum Gasteiger partial charge on any atom is 0.267 e. The van der Waals surface area contributed by atoms with Gasteiger partial charge in [-0.05, 0) is 84.1 Å². The number of nitrogens with two attached hydrogens (primary N) is 1. The van der Waals surface area contributed by atoms with E-state index in [2.05, 4.69) is 31.4 Å². The highest BCUT2D eigenvalue weighted by Gasteiger charge is 2.34. The predicted molar refractivity (Wildman–Crippen MR) is 182 cm³/mol. The Balaban J connectivity index is 1.32. The molecule has 0 saturated carbocycles. The third-order valence-electron chi connectivity index (χ3n) is 6.25. The number of benzene rings is 3. The molecule has 0 radical (unpaired) electrons. The van der Waals surface area contributed by atoms with Crippen molar-refractivity contribution in [3.8, 4) is 5.75 Å². The van der Waals surface area contributed by atoms with Crippen LogP contribution in [0, 0.1) is 0 Å². The topological polar surface area (TPSA) is 157 Å². The monoisotopic (exact) mass is 719 g/mol. The molecule has 5 rings (SSSR count). The molecule has 1 aromatic heterocycles. The van der Waals surface area contributed by atoms with Gasteiger partial charge in [-0.3, -0.25) is 14.5 Å². The molecule has 46 heavy (non-hydrogen) atoms. The van der Waals surface area contributed by atoms with E-state index in [9.17, 15) is 18.0 Å². The second-order valence-electron chi connectivity index (χ2n) is 9.59. The Labute approximate surface area is 277 Å². The molecule has 1 aliphatic rings. The third-order valence-corrected chi connectivity index (χ3v) is 8.67. The van der Waals surface area contributed by atoms with Crippen molar-refractivity contribution >= 4 is 78.8 Å². The Hall–Kier alpha value is -4.76. The summed E-state index contributed by atoms with van der Waals surface area (Å²) in [5.41, 5.74) is 1.93. The van der Waals surface area contributed by atoms with E-state index in [1.54, 1.807) is 42.5 Å². The fourth-order valence-corrected chi connectivity index (χ4v) is 5.91. The average molecular weight is 721 g/mol. The quantitative estimate of drug-likeness (QED) is 0.111. The molecule has 1 aliphatic heterocycles. The fraction of sp³-hybridized carbons (Fsp3) is 0.0625. The van der Waals surface area contributed by atoms with Crippen molar-refractivity contribution in [3.63, 3.8) is 0 Å². The minimum atomic E-state index is -3.85. The number of ether oxygens (including phenoxy) is 1. The predicted octanol–water partition coefficient (Wildman–Crippen LogP) is 5.88. The van der Waals surface area contributed by atoms with Gasteiger partial charge in [0, 0.05) is 21.9 Å². The van der Waals surface area contributed by atoms with Crippen LogP contribution < -0.4 is 15.2 Å². The highest BCUT2D eigenvalue weighted by molar-refractivity contribution is 9.10. The number of primary sulfonamides is 1. The smallest absolute Gasteiger partial charge is 0.267 e. The first-order valence-electron chi connectivity index (χ1n) is 13.6. The lowest BCUT2D eigenvalue weighted by Crippen LogP contribution is -2.28. The summed E-state index contributed by atoms with van der Waals surface area (Å²) in [4.78, 5) is 27.9. The Morgan fingerprint density at radius 3 is 2.57 bits per heavy atom. The number of nitrogens with zero attached hydrogens (tertiary/aromatic N) is 3. The molecule has 3 aromatic carbocycles. The molecule has 1 fully saturated rings. The van der Waals surface area contributed by atoms with Crippen LogP contribution in [0.1, 0.15) is 16.9 Å². The first-order valence-corrected chi connectivity index (χ1v) is 16.7. The summed E-state index contributed by atoms with van der Waals surface area (Å²) in [6, 6.07) is 23.9. The van der Waals surface area contributed by atoms with Crippen molar-refractivity contribution in [1.29, 1.82) is 0 Å². The lowest BCUT2D eigenvalue weighted by molar-refractivity contribution is -0.122. The number of hydrogen-bond acceptors (Lipinski definition) is 9. The SMILES string of the molecule is NS(=O)(=O)c1ccc(NC(=O)COc2ccc(Br)cc2/C=C2\S\C(=N/N=C/C=C/c3ccccc3)N(Cc3ccco3)C2=O)cc1. The van der Waals surface area contributed by atoms with E-state index in [1.807, 2.05) is 36.4 Å². The van der Waals surface area contributed by atoms with Crippen LogP contribution >= 0.6 is 27.7 Å². The lowest BCUT2D eigenvalue weighted by atomic mass is 10.2. The van der Waals surface area contributed by atoms with Gasteiger partial charge < -0.3 is 14.5 Å². The number of carbonyl (C=O) groups is 2. The number of nitrogens with one attached hydrogen (secondary N) is 1. The molecule has 0 spiro atoms. The number of amides is 2. The summed E-state index contributed by atoms with van der Waals surface area (Å²) in [5, 5.41) is 16.6. The van der Waals surface area contributed by atoms with Crippen LogP contribution in [0.25, 0.3) is 12.2 Å². The summed E-state index contributed by atoms with van der Waals surface area (Å²) in [6.45, 7) is -0.192. The molecule has 4 aromatic rings.